The van der Waals surface area contributed by atoms with Crippen LogP contribution in [-0.4, -0.2) is 5.11 Å². The molecule has 3 aromatic rings. The molecular formula is C19H18O2. The number of hydrogen-bond donors (Lipinski definition) is 1. The van der Waals surface area contributed by atoms with E-state index in [1.807, 2.05) is 12.1 Å². The van der Waals surface area contributed by atoms with E-state index >= 15 is 0 Å². The SMILES string of the molecule is C=CCc1c(O)ccc2c(CCc3ccccc3)coc12. The predicted molar refractivity (Wildman–Crippen MR) is 85.6 cm³/mol. The van der Waals surface area contributed by atoms with Crippen LogP contribution in [0.15, 0.2) is 65.8 Å². The topological polar surface area (TPSA) is 33.4 Å². The number of rotatable bonds is 5. The van der Waals surface area contributed by atoms with E-state index in [9.17, 15) is 5.11 Å². The van der Waals surface area contributed by atoms with Gasteiger partial charge in [-0.2, -0.15) is 0 Å². The van der Waals surface area contributed by atoms with E-state index in [4.69, 9.17) is 4.42 Å². The number of furan rings is 1. The zero-order valence-corrected chi connectivity index (χ0v) is 11.9. The molecule has 2 aromatic carbocycles. The number of aromatic hydroxyl groups is 1. The highest BCUT2D eigenvalue weighted by Crippen LogP contribution is 2.31. The first-order valence-corrected chi connectivity index (χ1v) is 7.15. The zero-order chi connectivity index (χ0) is 14.7. The highest BCUT2D eigenvalue weighted by Gasteiger charge is 2.12. The van der Waals surface area contributed by atoms with E-state index in [0.717, 1.165) is 29.4 Å². The predicted octanol–water partition coefficient (Wildman–Crippen LogP) is 4.65. The van der Waals surface area contributed by atoms with Crippen molar-refractivity contribution in [2.45, 2.75) is 19.3 Å². The van der Waals surface area contributed by atoms with Gasteiger partial charge in [-0.25, -0.2) is 0 Å². The van der Waals surface area contributed by atoms with Crippen LogP contribution < -0.4 is 0 Å². The van der Waals surface area contributed by atoms with Crippen LogP contribution in [0.3, 0.4) is 0 Å². The Balaban J connectivity index is 1.90. The molecule has 0 aliphatic heterocycles. The number of allylic oxidation sites excluding steroid dienone is 1. The van der Waals surface area contributed by atoms with Crippen LogP contribution in [0, 0.1) is 0 Å². The van der Waals surface area contributed by atoms with Gasteiger partial charge in [0.25, 0.3) is 0 Å². The summed E-state index contributed by atoms with van der Waals surface area (Å²) in [7, 11) is 0. The van der Waals surface area contributed by atoms with Crippen molar-refractivity contribution in [2.24, 2.45) is 0 Å². The van der Waals surface area contributed by atoms with Gasteiger partial charge in [-0.05, 0) is 42.5 Å². The largest absolute Gasteiger partial charge is 0.508 e. The van der Waals surface area contributed by atoms with Gasteiger partial charge >= 0.3 is 0 Å². The number of benzene rings is 2. The molecule has 0 amide bonds. The Morgan fingerprint density at radius 2 is 1.86 bits per heavy atom. The molecule has 21 heavy (non-hydrogen) atoms. The van der Waals surface area contributed by atoms with Crippen LogP contribution in [0.25, 0.3) is 11.0 Å². The average Bonchev–Trinajstić information content (AvgIpc) is 2.92. The monoisotopic (exact) mass is 278 g/mol. The van der Waals surface area contributed by atoms with E-state index in [0.29, 0.717) is 6.42 Å². The first-order valence-electron chi connectivity index (χ1n) is 7.15. The van der Waals surface area contributed by atoms with Gasteiger partial charge in [0.2, 0.25) is 0 Å². The normalized spacial score (nSPS) is 10.9. The minimum Gasteiger partial charge on any atom is -0.508 e. The Kier molecular flexibility index (Phi) is 3.78. The second-order valence-corrected chi connectivity index (χ2v) is 5.18. The van der Waals surface area contributed by atoms with Gasteiger partial charge < -0.3 is 9.52 Å². The van der Waals surface area contributed by atoms with Gasteiger partial charge in [0.1, 0.15) is 11.3 Å². The highest BCUT2D eigenvalue weighted by molar-refractivity contribution is 5.86. The summed E-state index contributed by atoms with van der Waals surface area (Å²) in [5.74, 6) is 0.270. The van der Waals surface area contributed by atoms with Crippen molar-refractivity contribution in [1.82, 2.24) is 0 Å². The van der Waals surface area contributed by atoms with Crippen LogP contribution >= 0.6 is 0 Å². The van der Waals surface area contributed by atoms with E-state index in [1.165, 1.54) is 11.1 Å². The van der Waals surface area contributed by atoms with E-state index in [2.05, 4.69) is 30.8 Å². The summed E-state index contributed by atoms with van der Waals surface area (Å²) in [6.45, 7) is 3.73. The summed E-state index contributed by atoms with van der Waals surface area (Å²) in [6, 6.07) is 14.1. The van der Waals surface area contributed by atoms with Gasteiger partial charge in [-0.1, -0.05) is 36.4 Å². The molecule has 0 bridgehead atoms. The molecule has 0 unspecified atom stereocenters. The third-order valence-corrected chi connectivity index (χ3v) is 3.78. The van der Waals surface area contributed by atoms with Crippen molar-refractivity contribution in [3.63, 3.8) is 0 Å². The summed E-state index contributed by atoms with van der Waals surface area (Å²) in [5, 5.41) is 11.0. The van der Waals surface area contributed by atoms with Crippen molar-refractivity contribution >= 4 is 11.0 Å². The fraction of sp³-hybridized carbons (Fsp3) is 0.158. The molecule has 0 aliphatic rings. The molecule has 1 N–H and O–H groups in total. The lowest BCUT2D eigenvalue weighted by molar-refractivity contribution is 0.468. The minimum absolute atomic E-state index is 0.270. The molecule has 1 aromatic heterocycles. The Hall–Kier alpha value is -2.48. The fourth-order valence-electron chi connectivity index (χ4n) is 2.66. The maximum Gasteiger partial charge on any atom is 0.141 e. The van der Waals surface area contributed by atoms with E-state index in [1.54, 1.807) is 18.4 Å². The minimum atomic E-state index is 0.270. The van der Waals surface area contributed by atoms with Gasteiger partial charge in [-0.15, -0.1) is 6.58 Å². The smallest absolute Gasteiger partial charge is 0.141 e. The van der Waals surface area contributed by atoms with Crippen LogP contribution in [0.5, 0.6) is 5.75 Å². The maximum atomic E-state index is 9.95. The molecule has 106 valence electrons. The van der Waals surface area contributed by atoms with E-state index in [-0.39, 0.29) is 5.75 Å². The Morgan fingerprint density at radius 3 is 2.62 bits per heavy atom. The van der Waals surface area contributed by atoms with E-state index < -0.39 is 0 Å². The molecule has 0 radical (unpaired) electrons. The average molecular weight is 278 g/mol. The standard InChI is InChI=1S/C19H18O2/c1-2-6-17-18(20)12-11-16-15(13-21-19(16)17)10-9-14-7-4-3-5-8-14/h2-5,7-8,11-13,20H,1,6,9-10H2. The molecule has 0 spiro atoms. The zero-order valence-electron chi connectivity index (χ0n) is 11.9. The van der Waals surface area contributed by atoms with Crippen molar-refractivity contribution in [1.29, 1.82) is 0 Å². The van der Waals surface area contributed by atoms with Crippen LogP contribution in [0.1, 0.15) is 16.7 Å². The Labute approximate surface area is 124 Å². The van der Waals surface area contributed by atoms with Crippen molar-refractivity contribution in [3.05, 3.63) is 78.1 Å². The lowest BCUT2D eigenvalue weighted by atomic mass is 10.0. The van der Waals surface area contributed by atoms with Crippen LogP contribution in [-0.2, 0) is 19.3 Å². The molecule has 3 rings (SSSR count). The molecule has 0 saturated heterocycles. The number of phenols is 1. The lowest BCUT2D eigenvalue weighted by Gasteiger charge is -2.03. The fourth-order valence-corrected chi connectivity index (χ4v) is 2.66. The first kappa shape index (κ1) is 13.5. The summed E-state index contributed by atoms with van der Waals surface area (Å²) in [6.07, 6.45) is 6.09. The molecule has 0 atom stereocenters. The maximum absolute atomic E-state index is 9.95. The van der Waals surface area contributed by atoms with Gasteiger partial charge in [0.15, 0.2) is 0 Å². The summed E-state index contributed by atoms with van der Waals surface area (Å²) in [5.41, 5.74) is 4.09. The van der Waals surface area contributed by atoms with Gasteiger partial charge in [-0.3, -0.25) is 0 Å². The lowest BCUT2D eigenvalue weighted by Crippen LogP contribution is -1.90. The van der Waals surface area contributed by atoms with Crippen LogP contribution in [0.2, 0.25) is 0 Å². The Bertz CT molecular complexity index is 754. The second-order valence-electron chi connectivity index (χ2n) is 5.18. The molecule has 1 heterocycles. The van der Waals surface area contributed by atoms with Crippen LogP contribution in [0.4, 0.5) is 0 Å². The van der Waals surface area contributed by atoms with Gasteiger partial charge in [0.05, 0.1) is 6.26 Å². The molecule has 2 nitrogen and oxygen atoms in total. The number of hydrogen-bond acceptors (Lipinski definition) is 2. The summed E-state index contributed by atoms with van der Waals surface area (Å²) < 4.78 is 5.69. The third kappa shape index (κ3) is 2.70. The molecule has 0 saturated carbocycles. The third-order valence-electron chi connectivity index (χ3n) is 3.78. The number of aryl methyl sites for hydroxylation is 2. The molecule has 2 heteroatoms. The molecule has 0 aliphatic carbocycles. The highest BCUT2D eigenvalue weighted by atomic mass is 16.3. The van der Waals surface area contributed by atoms with Crippen molar-refractivity contribution < 1.29 is 9.52 Å². The Morgan fingerprint density at radius 1 is 1.05 bits per heavy atom. The molecular weight excluding hydrogens is 260 g/mol. The summed E-state index contributed by atoms with van der Waals surface area (Å²) >= 11 is 0. The number of phenolic OH excluding ortho intramolecular Hbond substituents is 1. The van der Waals surface area contributed by atoms with Crippen molar-refractivity contribution in [2.75, 3.05) is 0 Å². The first-order chi connectivity index (χ1) is 10.3. The summed E-state index contributed by atoms with van der Waals surface area (Å²) in [4.78, 5) is 0. The number of fused-ring (bicyclic) bond motifs is 1. The quantitative estimate of drug-likeness (QED) is 0.689. The van der Waals surface area contributed by atoms with Gasteiger partial charge in [0, 0.05) is 10.9 Å². The van der Waals surface area contributed by atoms with Crippen molar-refractivity contribution in [3.8, 4) is 5.75 Å². The second kappa shape index (κ2) is 5.88. The molecule has 0 fully saturated rings.